The first-order valence-electron chi connectivity index (χ1n) is 5.28. The molecular formula is C12H9BrN2O3S. The standard InChI is InChI=1S/C12H9BrN2O3S/c1-7-2-3-9(15(17)18)5-10(7)14-12(16)8-4-11(13)19-6-8/h2-6H,1H3,(H,14,16). The number of hydrogen-bond donors (Lipinski definition) is 1. The number of anilines is 1. The van der Waals surface area contributed by atoms with E-state index in [1.54, 1.807) is 24.4 Å². The fraction of sp³-hybridized carbons (Fsp3) is 0.0833. The van der Waals surface area contributed by atoms with Crippen LogP contribution in [-0.2, 0) is 0 Å². The molecule has 0 aliphatic heterocycles. The van der Waals surface area contributed by atoms with Gasteiger partial charge in [-0.05, 0) is 34.5 Å². The van der Waals surface area contributed by atoms with E-state index in [-0.39, 0.29) is 11.6 Å². The van der Waals surface area contributed by atoms with Gasteiger partial charge in [0.15, 0.2) is 0 Å². The number of halogens is 1. The minimum absolute atomic E-state index is 0.0487. The van der Waals surface area contributed by atoms with Crippen molar-refractivity contribution in [2.75, 3.05) is 5.32 Å². The Bertz CT molecular complexity index is 654. The molecule has 1 aromatic carbocycles. The Morgan fingerprint density at radius 3 is 2.74 bits per heavy atom. The summed E-state index contributed by atoms with van der Waals surface area (Å²) in [4.78, 5) is 22.2. The second kappa shape index (κ2) is 5.50. The van der Waals surface area contributed by atoms with Gasteiger partial charge in [0.2, 0.25) is 0 Å². The van der Waals surface area contributed by atoms with E-state index >= 15 is 0 Å². The predicted molar refractivity (Wildman–Crippen MR) is 77.8 cm³/mol. The zero-order chi connectivity index (χ0) is 14.0. The van der Waals surface area contributed by atoms with E-state index in [0.717, 1.165) is 9.35 Å². The highest BCUT2D eigenvalue weighted by atomic mass is 79.9. The highest BCUT2D eigenvalue weighted by Gasteiger charge is 2.13. The second-order valence-corrected chi connectivity index (χ2v) is 6.14. The van der Waals surface area contributed by atoms with Gasteiger partial charge in [0, 0.05) is 17.5 Å². The van der Waals surface area contributed by atoms with Crippen LogP contribution in [0.3, 0.4) is 0 Å². The van der Waals surface area contributed by atoms with E-state index in [4.69, 9.17) is 0 Å². The van der Waals surface area contributed by atoms with E-state index < -0.39 is 4.92 Å². The molecule has 0 atom stereocenters. The van der Waals surface area contributed by atoms with Gasteiger partial charge in [0.05, 0.1) is 20.0 Å². The number of nitrogens with one attached hydrogen (secondary N) is 1. The van der Waals surface area contributed by atoms with Crippen LogP contribution in [0, 0.1) is 17.0 Å². The summed E-state index contributed by atoms with van der Waals surface area (Å²) in [6.45, 7) is 1.78. The number of thiophene rings is 1. The molecule has 0 fully saturated rings. The number of non-ortho nitro benzene ring substituents is 1. The summed E-state index contributed by atoms with van der Waals surface area (Å²) in [7, 11) is 0. The fourth-order valence-electron chi connectivity index (χ4n) is 1.48. The Hall–Kier alpha value is -1.73. The second-order valence-electron chi connectivity index (χ2n) is 3.85. The lowest BCUT2D eigenvalue weighted by atomic mass is 10.1. The third kappa shape index (κ3) is 3.18. The van der Waals surface area contributed by atoms with Crippen molar-refractivity contribution in [3.05, 3.63) is 54.7 Å². The van der Waals surface area contributed by atoms with Crippen LogP contribution in [0.1, 0.15) is 15.9 Å². The van der Waals surface area contributed by atoms with E-state index in [1.807, 2.05) is 0 Å². The molecule has 2 rings (SSSR count). The smallest absolute Gasteiger partial charge is 0.271 e. The van der Waals surface area contributed by atoms with Crippen molar-refractivity contribution >= 4 is 44.5 Å². The number of carbonyl (C=O) groups excluding carboxylic acids is 1. The maximum atomic E-state index is 12.0. The van der Waals surface area contributed by atoms with Crippen molar-refractivity contribution in [1.29, 1.82) is 0 Å². The maximum absolute atomic E-state index is 12.0. The summed E-state index contributed by atoms with van der Waals surface area (Å²) in [6, 6.07) is 6.07. The lowest BCUT2D eigenvalue weighted by molar-refractivity contribution is -0.384. The first-order chi connectivity index (χ1) is 8.97. The first kappa shape index (κ1) is 13.7. The topological polar surface area (TPSA) is 72.2 Å². The molecule has 0 saturated carbocycles. The molecule has 19 heavy (non-hydrogen) atoms. The quantitative estimate of drug-likeness (QED) is 0.678. The summed E-state index contributed by atoms with van der Waals surface area (Å²) >= 11 is 4.68. The SMILES string of the molecule is Cc1ccc([N+](=O)[O-])cc1NC(=O)c1csc(Br)c1. The minimum atomic E-state index is -0.490. The summed E-state index contributed by atoms with van der Waals surface area (Å²) in [5.41, 5.74) is 1.69. The van der Waals surface area contributed by atoms with Crippen LogP contribution >= 0.6 is 27.3 Å². The molecule has 98 valence electrons. The summed E-state index contributed by atoms with van der Waals surface area (Å²) in [6.07, 6.45) is 0. The monoisotopic (exact) mass is 340 g/mol. The van der Waals surface area contributed by atoms with Crippen LogP contribution in [0.25, 0.3) is 0 Å². The van der Waals surface area contributed by atoms with Crippen LogP contribution in [0.15, 0.2) is 33.4 Å². The molecule has 1 aromatic heterocycles. The predicted octanol–water partition coefficient (Wildman–Crippen LogP) is 3.98. The lowest BCUT2D eigenvalue weighted by Gasteiger charge is -2.07. The maximum Gasteiger partial charge on any atom is 0.271 e. The number of rotatable bonds is 3. The van der Waals surface area contributed by atoms with Crippen LogP contribution in [0.5, 0.6) is 0 Å². The molecule has 1 N–H and O–H groups in total. The van der Waals surface area contributed by atoms with Crippen molar-refractivity contribution in [2.24, 2.45) is 0 Å². The summed E-state index contributed by atoms with van der Waals surface area (Å²) in [5, 5.41) is 15.1. The van der Waals surface area contributed by atoms with Crippen LogP contribution in [-0.4, -0.2) is 10.8 Å². The molecule has 2 aromatic rings. The number of nitro benzene ring substituents is 1. The van der Waals surface area contributed by atoms with Crippen LogP contribution in [0.4, 0.5) is 11.4 Å². The number of nitro groups is 1. The molecular weight excluding hydrogens is 332 g/mol. The first-order valence-corrected chi connectivity index (χ1v) is 6.95. The normalized spacial score (nSPS) is 10.2. The number of amides is 1. The average molecular weight is 341 g/mol. The zero-order valence-electron chi connectivity index (χ0n) is 9.84. The van der Waals surface area contributed by atoms with Crippen molar-refractivity contribution < 1.29 is 9.72 Å². The van der Waals surface area contributed by atoms with Gasteiger partial charge < -0.3 is 5.32 Å². The summed E-state index contributed by atoms with van der Waals surface area (Å²) < 4.78 is 0.855. The Morgan fingerprint density at radius 1 is 1.42 bits per heavy atom. The minimum Gasteiger partial charge on any atom is -0.321 e. The number of nitrogens with zero attached hydrogens (tertiary/aromatic N) is 1. The Kier molecular flexibility index (Phi) is 3.96. The molecule has 0 aliphatic carbocycles. The van der Waals surface area contributed by atoms with Gasteiger partial charge >= 0.3 is 0 Å². The van der Waals surface area contributed by atoms with Crippen molar-refractivity contribution in [2.45, 2.75) is 6.92 Å². The van der Waals surface area contributed by atoms with Gasteiger partial charge in [-0.15, -0.1) is 11.3 Å². The Balaban J connectivity index is 2.25. The van der Waals surface area contributed by atoms with E-state index in [0.29, 0.717) is 11.3 Å². The van der Waals surface area contributed by atoms with Crippen molar-refractivity contribution in [3.63, 3.8) is 0 Å². The molecule has 0 unspecified atom stereocenters. The van der Waals surface area contributed by atoms with Gasteiger partial charge in [-0.1, -0.05) is 6.07 Å². The highest BCUT2D eigenvalue weighted by molar-refractivity contribution is 9.11. The number of aryl methyl sites for hydroxylation is 1. The Labute approximate surface area is 121 Å². The van der Waals surface area contributed by atoms with Crippen molar-refractivity contribution in [1.82, 2.24) is 0 Å². The average Bonchev–Trinajstić information content (AvgIpc) is 2.78. The molecule has 5 nitrogen and oxygen atoms in total. The third-order valence-corrected chi connectivity index (χ3v) is 4.01. The lowest BCUT2D eigenvalue weighted by Crippen LogP contribution is -2.12. The van der Waals surface area contributed by atoms with E-state index in [1.165, 1.54) is 23.5 Å². The summed E-state index contributed by atoms with van der Waals surface area (Å²) in [5.74, 6) is -0.287. The zero-order valence-corrected chi connectivity index (χ0v) is 12.2. The Morgan fingerprint density at radius 2 is 2.16 bits per heavy atom. The van der Waals surface area contributed by atoms with Gasteiger partial charge in [0.25, 0.3) is 11.6 Å². The molecule has 1 heterocycles. The van der Waals surface area contributed by atoms with Gasteiger partial charge in [-0.25, -0.2) is 0 Å². The fourth-order valence-corrected chi connectivity index (χ4v) is 2.62. The van der Waals surface area contributed by atoms with Gasteiger partial charge in [-0.2, -0.15) is 0 Å². The van der Waals surface area contributed by atoms with Crippen molar-refractivity contribution in [3.8, 4) is 0 Å². The molecule has 0 bridgehead atoms. The number of carbonyl (C=O) groups is 1. The molecule has 0 spiro atoms. The molecule has 1 amide bonds. The highest BCUT2D eigenvalue weighted by Crippen LogP contribution is 2.24. The van der Waals surface area contributed by atoms with Crippen LogP contribution in [0.2, 0.25) is 0 Å². The molecule has 0 radical (unpaired) electrons. The number of hydrogen-bond acceptors (Lipinski definition) is 4. The van der Waals surface area contributed by atoms with E-state index in [2.05, 4.69) is 21.2 Å². The molecule has 0 saturated heterocycles. The molecule has 7 heteroatoms. The van der Waals surface area contributed by atoms with E-state index in [9.17, 15) is 14.9 Å². The van der Waals surface area contributed by atoms with Gasteiger partial charge in [0.1, 0.15) is 0 Å². The molecule has 0 aliphatic rings. The van der Waals surface area contributed by atoms with Gasteiger partial charge in [-0.3, -0.25) is 14.9 Å². The number of benzene rings is 1. The largest absolute Gasteiger partial charge is 0.321 e. The van der Waals surface area contributed by atoms with Crippen LogP contribution < -0.4 is 5.32 Å². The third-order valence-electron chi connectivity index (χ3n) is 2.51.